The largest absolute Gasteiger partial charge is 0.393 e. The summed E-state index contributed by atoms with van der Waals surface area (Å²) in [6.45, 7) is 21.5. The van der Waals surface area contributed by atoms with E-state index in [4.69, 9.17) is 9.47 Å². The highest BCUT2D eigenvalue weighted by Crippen LogP contribution is 2.41. The van der Waals surface area contributed by atoms with Crippen LogP contribution in [0.2, 0.25) is 0 Å². The van der Waals surface area contributed by atoms with Gasteiger partial charge in [0, 0.05) is 0 Å². The molecule has 1 saturated heterocycles. The number of aliphatic hydroxyl groups excluding tert-OH is 4. The lowest BCUT2D eigenvalue weighted by Gasteiger charge is -2.41. The van der Waals surface area contributed by atoms with Crippen LogP contribution in [0.4, 0.5) is 0 Å². The average molecular weight is 731 g/mol. The van der Waals surface area contributed by atoms with Crippen LogP contribution in [0.25, 0.3) is 0 Å². The maximum absolute atomic E-state index is 10.7. The monoisotopic (exact) mass is 730 g/mol. The first kappa shape index (κ1) is 45.8. The van der Waals surface area contributed by atoms with Gasteiger partial charge in [0.25, 0.3) is 0 Å². The molecular formula is C46H66O7. The minimum Gasteiger partial charge on any atom is -0.393 e. The van der Waals surface area contributed by atoms with Crippen LogP contribution in [-0.4, -0.2) is 74.0 Å². The molecule has 0 bridgehead atoms. The molecule has 1 unspecified atom stereocenters. The summed E-state index contributed by atoms with van der Waals surface area (Å²) in [4.78, 5) is 0. The molecule has 292 valence electrons. The van der Waals surface area contributed by atoms with Crippen molar-refractivity contribution in [2.75, 3.05) is 0 Å². The van der Waals surface area contributed by atoms with Gasteiger partial charge in [-0.25, -0.2) is 0 Å². The third-order valence-electron chi connectivity index (χ3n) is 9.29. The number of rotatable bonds is 15. The SMILES string of the molecule is CC1=C(/C=C/C(C)=C/C=C/C(C)=C/C=C/C=C(C)/C=C/C=C(C)/C=C/C=C(C)/C=C/[C@H](OC2O[C@H](C)[C@@H](O)[C@H](O)[C@H]2O)C(C)(C)O)C(C)(C)C[C@H](O)C1. The molecule has 0 aromatic carbocycles. The second-order valence-electron chi connectivity index (χ2n) is 15.7. The van der Waals surface area contributed by atoms with Gasteiger partial charge in [-0.05, 0) is 86.1 Å². The van der Waals surface area contributed by atoms with E-state index in [1.54, 1.807) is 26.8 Å². The molecule has 0 aromatic heterocycles. The lowest BCUT2D eigenvalue weighted by Crippen LogP contribution is -2.58. The van der Waals surface area contributed by atoms with Crippen molar-refractivity contribution < 1.29 is 35.0 Å². The third kappa shape index (κ3) is 16.2. The molecule has 7 heteroatoms. The third-order valence-corrected chi connectivity index (χ3v) is 9.29. The molecule has 0 saturated carbocycles. The van der Waals surface area contributed by atoms with E-state index in [0.717, 1.165) is 35.1 Å². The highest BCUT2D eigenvalue weighted by Gasteiger charge is 2.44. The fourth-order valence-corrected chi connectivity index (χ4v) is 6.10. The Labute approximate surface area is 319 Å². The number of hydrogen-bond acceptors (Lipinski definition) is 7. The van der Waals surface area contributed by atoms with Crippen molar-refractivity contribution in [3.63, 3.8) is 0 Å². The molecule has 53 heavy (non-hydrogen) atoms. The molecule has 1 fully saturated rings. The number of allylic oxidation sites excluding steroid dienone is 22. The van der Waals surface area contributed by atoms with Crippen LogP contribution in [0, 0.1) is 5.41 Å². The van der Waals surface area contributed by atoms with Crippen molar-refractivity contribution in [2.24, 2.45) is 5.41 Å². The number of hydrogen-bond donors (Lipinski definition) is 5. The number of aliphatic hydroxyl groups is 5. The predicted molar refractivity (Wildman–Crippen MR) is 219 cm³/mol. The fraction of sp³-hybridized carbons (Fsp3) is 0.478. The Morgan fingerprint density at radius 2 is 1.17 bits per heavy atom. The smallest absolute Gasteiger partial charge is 0.187 e. The first-order valence-electron chi connectivity index (χ1n) is 18.6. The summed E-state index contributed by atoms with van der Waals surface area (Å²) in [5.74, 6) is 0. The van der Waals surface area contributed by atoms with Gasteiger partial charge in [0.1, 0.15) is 24.4 Å². The fourth-order valence-electron chi connectivity index (χ4n) is 6.10. The lowest BCUT2D eigenvalue weighted by molar-refractivity contribution is -0.309. The van der Waals surface area contributed by atoms with Crippen molar-refractivity contribution >= 4 is 0 Å². The van der Waals surface area contributed by atoms with Gasteiger partial charge in [-0.1, -0.05) is 151 Å². The lowest BCUT2D eigenvalue weighted by atomic mass is 9.71. The summed E-state index contributed by atoms with van der Waals surface area (Å²) < 4.78 is 11.4. The predicted octanol–water partition coefficient (Wildman–Crippen LogP) is 8.54. The molecule has 1 aliphatic heterocycles. The molecule has 7 nitrogen and oxygen atoms in total. The molecule has 0 spiro atoms. The quantitative estimate of drug-likeness (QED) is 0.107. The molecule has 0 aromatic rings. The Morgan fingerprint density at radius 3 is 1.64 bits per heavy atom. The van der Waals surface area contributed by atoms with E-state index < -0.39 is 42.4 Å². The molecule has 1 aliphatic carbocycles. The molecular weight excluding hydrogens is 664 g/mol. The van der Waals surface area contributed by atoms with Crippen molar-refractivity contribution in [3.8, 4) is 0 Å². The maximum atomic E-state index is 10.7. The van der Waals surface area contributed by atoms with Crippen molar-refractivity contribution in [2.45, 2.75) is 138 Å². The molecule has 0 amide bonds. The van der Waals surface area contributed by atoms with Gasteiger partial charge in [0.15, 0.2) is 6.29 Å². The molecule has 1 heterocycles. The molecule has 0 radical (unpaired) electrons. The van der Waals surface area contributed by atoms with E-state index in [9.17, 15) is 25.5 Å². The Bertz CT molecular complexity index is 1580. The molecule has 2 aliphatic rings. The Hall–Kier alpha value is -3.40. The van der Waals surface area contributed by atoms with Crippen LogP contribution in [0.5, 0.6) is 0 Å². The van der Waals surface area contributed by atoms with E-state index in [-0.39, 0.29) is 11.5 Å². The van der Waals surface area contributed by atoms with E-state index in [2.05, 4.69) is 90.2 Å². The second kappa shape index (κ2) is 21.5. The minimum absolute atomic E-state index is 0.0186. The Morgan fingerprint density at radius 1 is 0.717 bits per heavy atom. The van der Waals surface area contributed by atoms with Crippen molar-refractivity contribution in [3.05, 3.63) is 142 Å². The van der Waals surface area contributed by atoms with Crippen LogP contribution < -0.4 is 0 Å². The first-order chi connectivity index (χ1) is 24.7. The molecule has 2 rings (SSSR count). The summed E-state index contributed by atoms with van der Waals surface area (Å²) in [5.41, 5.74) is 6.72. The molecule has 7 atom stereocenters. The van der Waals surface area contributed by atoms with E-state index in [0.29, 0.717) is 0 Å². The number of ether oxygens (including phenoxy) is 2. The standard InChI is InChI=1S/C46H66O7/c1-31(17-12-13-18-32(2)20-15-23-34(4)25-27-39-36(6)29-38(47)30-45(39,8)9)19-14-21-33(3)22-16-24-35(5)26-28-40(46(10,11)51)53-44-43(50)42(49)41(48)37(7)52-44/h12-28,37-38,40-44,47-51H,29-30H2,1-11H3/b13-12+,19-14+,20-15+,22-16+,27-25+,28-26+,31-17+,32-18+,33-21+,34-23+,35-24+/t37-,38-,40+,41-,42+,43-,44?/m1/s1. The first-order valence-corrected chi connectivity index (χ1v) is 18.6. The summed E-state index contributed by atoms with van der Waals surface area (Å²) in [7, 11) is 0. The highest BCUT2D eigenvalue weighted by molar-refractivity contribution is 5.38. The average Bonchev–Trinajstić information content (AvgIpc) is 3.04. The van der Waals surface area contributed by atoms with Crippen molar-refractivity contribution in [1.29, 1.82) is 0 Å². The summed E-state index contributed by atoms with van der Waals surface area (Å²) >= 11 is 0. The van der Waals surface area contributed by atoms with Gasteiger partial charge >= 0.3 is 0 Å². The van der Waals surface area contributed by atoms with Crippen LogP contribution in [0.15, 0.2) is 142 Å². The normalized spacial score (nSPS) is 28.3. The summed E-state index contributed by atoms with van der Waals surface area (Å²) in [6, 6.07) is 0. The van der Waals surface area contributed by atoms with E-state index >= 15 is 0 Å². The summed E-state index contributed by atoms with van der Waals surface area (Å²) in [6.07, 6.45) is 28.8. The van der Waals surface area contributed by atoms with Crippen LogP contribution in [0.3, 0.4) is 0 Å². The maximum Gasteiger partial charge on any atom is 0.187 e. The topological polar surface area (TPSA) is 120 Å². The van der Waals surface area contributed by atoms with Gasteiger partial charge < -0.3 is 35.0 Å². The zero-order valence-electron chi connectivity index (χ0n) is 33.8. The van der Waals surface area contributed by atoms with Gasteiger partial charge in [0.05, 0.1) is 17.8 Å². The van der Waals surface area contributed by atoms with Crippen LogP contribution >= 0.6 is 0 Å². The van der Waals surface area contributed by atoms with E-state index in [1.807, 2.05) is 62.5 Å². The molecule has 5 N–H and O–H groups in total. The second-order valence-corrected chi connectivity index (χ2v) is 15.7. The van der Waals surface area contributed by atoms with Crippen molar-refractivity contribution in [1.82, 2.24) is 0 Å². The zero-order chi connectivity index (χ0) is 39.9. The summed E-state index contributed by atoms with van der Waals surface area (Å²) in [5, 5.41) is 51.2. The van der Waals surface area contributed by atoms with Gasteiger partial charge in [0.2, 0.25) is 0 Å². The van der Waals surface area contributed by atoms with E-state index in [1.165, 1.54) is 16.7 Å². The van der Waals surface area contributed by atoms with Gasteiger partial charge in [-0.2, -0.15) is 0 Å². The zero-order valence-corrected chi connectivity index (χ0v) is 33.8. The van der Waals surface area contributed by atoms with Crippen LogP contribution in [0.1, 0.15) is 89.0 Å². The Balaban J connectivity index is 1.90. The minimum atomic E-state index is -1.45. The van der Waals surface area contributed by atoms with Gasteiger partial charge in [-0.15, -0.1) is 0 Å². The van der Waals surface area contributed by atoms with Crippen LogP contribution in [-0.2, 0) is 9.47 Å². The van der Waals surface area contributed by atoms with Gasteiger partial charge in [-0.3, -0.25) is 0 Å². The highest BCUT2D eigenvalue weighted by atomic mass is 16.7. The Kier molecular flexibility index (Phi) is 18.5.